The van der Waals surface area contributed by atoms with E-state index in [9.17, 15) is 30.8 Å². The Morgan fingerprint density at radius 2 is 1.92 bits per heavy atom. The summed E-state index contributed by atoms with van der Waals surface area (Å²) in [5.41, 5.74) is -0.449. The Hall–Kier alpha value is -2.47. The molecule has 0 saturated carbocycles. The van der Waals surface area contributed by atoms with E-state index in [1.54, 1.807) is 0 Å². The first-order valence-electron chi connectivity index (χ1n) is 10.9. The molecule has 5 nitrogen and oxygen atoms in total. The van der Waals surface area contributed by atoms with E-state index >= 15 is 0 Å². The molecule has 3 aromatic rings. The molecule has 2 aromatic carbocycles. The zero-order chi connectivity index (χ0) is 26.1. The molecule has 1 saturated heterocycles. The summed E-state index contributed by atoms with van der Waals surface area (Å²) >= 11 is 6.79. The van der Waals surface area contributed by atoms with Crippen LogP contribution in [0.4, 0.5) is 17.6 Å². The van der Waals surface area contributed by atoms with Crippen molar-refractivity contribution >= 4 is 38.7 Å². The number of sulfonamides is 1. The third kappa shape index (κ3) is 5.91. The van der Waals surface area contributed by atoms with Crippen molar-refractivity contribution in [2.75, 3.05) is 6.54 Å². The van der Waals surface area contributed by atoms with Gasteiger partial charge in [-0.1, -0.05) is 23.7 Å². The van der Waals surface area contributed by atoms with Crippen LogP contribution in [0.1, 0.15) is 30.4 Å². The lowest BCUT2D eigenvalue weighted by Crippen LogP contribution is -2.40. The van der Waals surface area contributed by atoms with E-state index < -0.39 is 33.6 Å². The van der Waals surface area contributed by atoms with Gasteiger partial charge in [-0.15, -0.1) is 11.3 Å². The molecule has 0 radical (unpaired) electrons. The van der Waals surface area contributed by atoms with E-state index in [1.807, 2.05) is 0 Å². The number of benzene rings is 2. The van der Waals surface area contributed by atoms with Crippen LogP contribution in [0.3, 0.4) is 0 Å². The van der Waals surface area contributed by atoms with Gasteiger partial charge in [0.15, 0.2) is 17.3 Å². The summed E-state index contributed by atoms with van der Waals surface area (Å²) in [4.78, 5) is 12.9. The number of ether oxygens (including phenoxy) is 1. The molecule has 0 amide bonds. The van der Waals surface area contributed by atoms with Gasteiger partial charge >= 0.3 is 6.18 Å². The average Bonchev–Trinajstić information content (AvgIpc) is 3.49. The minimum absolute atomic E-state index is 0.00481. The first kappa shape index (κ1) is 26.6. The molecule has 36 heavy (non-hydrogen) atoms. The summed E-state index contributed by atoms with van der Waals surface area (Å²) in [5, 5.41) is 0. The summed E-state index contributed by atoms with van der Waals surface area (Å²) in [6.45, 7) is 0.227. The van der Waals surface area contributed by atoms with Gasteiger partial charge in [-0.25, -0.2) is 12.8 Å². The maximum absolute atomic E-state index is 14.6. The van der Waals surface area contributed by atoms with Gasteiger partial charge < -0.3 is 4.74 Å². The molecule has 1 fully saturated rings. The number of Topliss-reactive ketones (excluding diaryl/α,β-unsaturated/α-hetero) is 1. The molecule has 0 aliphatic carbocycles. The van der Waals surface area contributed by atoms with Crippen molar-refractivity contribution in [2.45, 2.75) is 42.1 Å². The number of nitrogens with zero attached hydrogens (tertiary/aromatic N) is 1. The van der Waals surface area contributed by atoms with Crippen molar-refractivity contribution in [1.82, 2.24) is 4.31 Å². The first-order chi connectivity index (χ1) is 16.9. The molecule has 0 bridgehead atoms. The molecule has 192 valence electrons. The molecule has 4 rings (SSSR count). The molecule has 1 aromatic heterocycles. The zero-order valence-electron chi connectivity index (χ0n) is 18.6. The maximum atomic E-state index is 14.6. The van der Waals surface area contributed by atoms with E-state index in [-0.39, 0.29) is 40.9 Å². The highest BCUT2D eigenvalue weighted by molar-refractivity contribution is 7.91. The third-order valence-electron chi connectivity index (χ3n) is 5.73. The fourth-order valence-corrected chi connectivity index (χ4v) is 7.27. The second-order valence-corrected chi connectivity index (χ2v) is 12.0. The Balaban J connectivity index is 1.40. The van der Waals surface area contributed by atoms with Crippen LogP contribution in [0, 0.1) is 5.82 Å². The minimum Gasteiger partial charge on any atom is -0.454 e. The lowest BCUT2D eigenvalue weighted by molar-refractivity contribution is -0.137. The molecular formula is C24H20ClF4NO4S2. The minimum atomic E-state index is -4.56. The molecule has 1 aliphatic rings. The molecule has 1 atom stereocenters. The van der Waals surface area contributed by atoms with E-state index in [4.69, 9.17) is 16.3 Å². The number of carbonyl (C=O) groups is 1. The quantitative estimate of drug-likeness (QED) is 0.287. The molecule has 12 heteroatoms. The van der Waals surface area contributed by atoms with Gasteiger partial charge in [0.05, 0.1) is 15.9 Å². The Bertz CT molecular complexity index is 1370. The first-order valence-corrected chi connectivity index (χ1v) is 13.5. The number of carbonyl (C=O) groups excluding carboxylic acids is 1. The molecule has 0 spiro atoms. The van der Waals surface area contributed by atoms with Crippen molar-refractivity contribution in [3.05, 3.63) is 75.9 Å². The van der Waals surface area contributed by atoms with E-state index in [0.29, 0.717) is 22.7 Å². The fourth-order valence-electron chi connectivity index (χ4n) is 3.98. The van der Waals surface area contributed by atoms with E-state index in [0.717, 1.165) is 35.6 Å². The molecular weight excluding hydrogens is 542 g/mol. The fraction of sp³-hybridized carbons (Fsp3) is 0.292. The SMILES string of the molecule is O=C(CCc1ccc(Oc2cccc(C(F)(F)F)c2)c(F)c1)[C@@H]1CCCN1S(=O)(=O)c1ccc(Cl)s1. The maximum Gasteiger partial charge on any atom is 0.416 e. The van der Waals surface area contributed by atoms with Crippen molar-refractivity contribution < 1.29 is 35.5 Å². The lowest BCUT2D eigenvalue weighted by Gasteiger charge is -2.22. The van der Waals surface area contributed by atoms with Crippen LogP contribution in [0.25, 0.3) is 0 Å². The van der Waals surface area contributed by atoms with Gasteiger partial charge in [0.25, 0.3) is 10.0 Å². The normalized spacial score (nSPS) is 16.9. The smallest absolute Gasteiger partial charge is 0.416 e. The van der Waals surface area contributed by atoms with Crippen LogP contribution < -0.4 is 4.74 Å². The Morgan fingerprint density at radius 3 is 2.58 bits per heavy atom. The predicted molar refractivity (Wildman–Crippen MR) is 127 cm³/mol. The largest absolute Gasteiger partial charge is 0.454 e. The summed E-state index contributed by atoms with van der Waals surface area (Å²) in [7, 11) is -3.85. The number of hydrogen-bond donors (Lipinski definition) is 0. The number of thiophene rings is 1. The Morgan fingerprint density at radius 1 is 1.14 bits per heavy atom. The summed E-state index contributed by atoms with van der Waals surface area (Å²) in [5.74, 6) is -1.49. The third-order valence-corrected chi connectivity index (χ3v) is 9.34. The van der Waals surface area contributed by atoms with Gasteiger partial charge in [0.1, 0.15) is 9.96 Å². The zero-order valence-corrected chi connectivity index (χ0v) is 21.0. The van der Waals surface area contributed by atoms with Crippen LogP contribution in [0.5, 0.6) is 11.5 Å². The van der Waals surface area contributed by atoms with Crippen LogP contribution in [0.2, 0.25) is 4.34 Å². The number of halogens is 5. The highest BCUT2D eigenvalue weighted by atomic mass is 35.5. The summed E-state index contributed by atoms with van der Waals surface area (Å²) < 4.78 is 86.0. The van der Waals surface area contributed by atoms with Gasteiger partial charge in [-0.05, 0) is 67.3 Å². The molecule has 0 unspecified atom stereocenters. The molecule has 0 N–H and O–H groups in total. The standard InChI is InChI=1S/C24H20ClF4NO4S2/c25-22-10-11-23(35-22)36(32,33)30-12-2-5-19(30)20(31)8-6-15-7-9-21(18(26)13-15)34-17-4-1-3-16(14-17)24(27,28)29/h1,3-4,7,9-11,13-14,19H,2,5-6,8,12H2/t19-/m0/s1. The van der Waals surface area contributed by atoms with Gasteiger partial charge in [0.2, 0.25) is 0 Å². The van der Waals surface area contributed by atoms with E-state index in [2.05, 4.69) is 0 Å². The topological polar surface area (TPSA) is 63.7 Å². The number of ketones is 1. The van der Waals surface area contributed by atoms with Crippen LogP contribution >= 0.6 is 22.9 Å². The van der Waals surface area contributed by atoms with Crippen LogP contribution in [-0.2, 0) is 27.4 Å². The van der Waals surface area contributed by atoms with Crippen molar-refractivity contribution in [1.29, 1.82) is 0 Å². The highest BCUT2D eigenvalue weighted by Gasteiger charge is 2.39. The van der Waals surface area contributed by atoms with Crippen LogP contribution in [0.15, 0.2) is 58.8 Å². The van der Waals surface area contributed by atoms with Crippen molar-refractivity contribution in [2.24, 2.45) is 0 Å². The second kappa shape index (κ2) is 10.5. The molecule has 1 aliphatic heterocycles. The van der Waals surface area contributed by atoms with Crippen molar-refractivity contribution in [3.8, 4) is 11.5 Å². The second-order valence-electron chi connectivity index (χ2n) is 8.19. The Labute approximate surface area is 214 Å². The van der Waals surface area contributed by atoms with Gasteiger partial charge in [0, 0.05) is 13.0 Å². The predicted octanol–water partition coefficient (Wildman–Crippen LogP) is 6.71. The number of rotatable bonds is 8. The highest BCUT2D eigenvalue weighted by Crippen LogP contribution is 2.34. The number of alkyl halides is 3. The number of aryl methyl sites for hydroxylation is 1. The van der Waals surface area contributed by atoms with E-state index in [1.165, 1.54) is 34.6 Å². The summed E-state index contributed by atoms with van der Waals surface area (Å²) in [6.07, 6.45) is -3.45. The number of hydrogen-bond acceptors (Lipinski definition) is 5. The average molecular weight is 562 g/mol. The van der Waals surface area contributed by atoms with Crippen molar-refractivity contribution in [3.63, 3.8) is 0 Å². The van der Waals surface area contributed by atoms with Gasteiger partial charge in [-0.2, -0.15) is 17.5 Å². The van der Waals surface area contributed by atoms with Gasteiger partial charge in [-0.3, -0.25) is 4.79 Å². The monoisotopic (exact) mass is 561 g/mol. The Kier molecular flexibility index (Phi) is 7.75. The lowest BCUT2D eigenvalue weighted by atomic mass is 10.0. The molecule has 2 heterocycles. The summed E-state index contributed by atoms with van der Waals surface area (Å²) in [6, 6.07) is 10.1. The van der Waals surface area contributed by atoms with Crippen LogP contribution in [-0.4, -0.2) is 31.1 Å².